The highest BCUT2D eigenvalue weighted by molar-refractivity contribution is 7.99. The lowest BCUT2D eigenvalue weighted by molar-refractivity contribution is -0.118. The van der Waals surface area contributed by atoms with Gasteiger partial charge in [-0.1, -0.05) is 59.8 Å². The molecule has 0 fully saturated rings. The largest absolute Gasteiger partial charge is 0.496 e. The van der Waals surface area contributed by atoms with Crippen molar-refractivity contribution in [1.29, 1.82) is 0 Å². The third-order valence-electron chi connectivity index (χ3n) is 5.04. The first kappa shape index (κ1) is 21.6. The summed E-state index contributed by atoms with van der Waals surface area (Å²) in [5.74, 6) is 0.704. The molecule has 4 rings (SSSR count). The second-order valence-electron chi connectivity index (χ2n) is 7.26. The molecule has 6 nitrogen and oxygen atoms in total. The van der Waals surface area contributed by atoms with Crippen molar-refractivity contribution in [3.8, 4) is 11.4 Å². The molecule has 0 radical (unpaired) electrons. The fourth-order valence-electron chi connectivity index (χ4n) is 3.35. The third-order valence-corrected chi connectivity index (χ3v) is 5.98. The Balaban J connectivity index is 1.58. The van der Waals surface area contributed by atoms with Gasteiger partial charge in [0.15, 0.2) is 5.16 Å². The number of carbonyl (C=O) groups excluding carboxylic acids is 1. The first-order chi connectivity index (χ1) is 15.6. The molecule has 1 amide bonds. The number of aromatic nitrogens is 2. The topological polar surface area (TPSA) is 73.2 Å². The van der Waals surface area contributed by atoms with Crippen molar-refractivity contribution in [2.75, 3.05) is 12.9 Å². The molecule has 1 aromatic heterocycles. The Labute approximate surface area is 190 Å². The van der Waals surface area contributed by atoms with E-state index >= 15 is 0 Å². The quantitative estimate of drug-likeness (QED) is 0.342. The highest BCUT2D eigenvalue weighted by Crippen LogP contribution is 2.22. The highest BCUT2D eigenvalue weighted by Gasteiger charge is 2.15. The van der Waals surface area contributed by atoms with E-state index in [2.05, 4.69) is 10.3 Å². The van der Waals surface area contributed by atoms with Crippen LogP contribution in [0.25, 0.3) is 16.6 Å². The van der Waals surface area contributed by atoms with E-state index in [4.69, 9.17) is 4.74 Å². The van der Waals surface area contributed by atoms with E-state index in [0.29, 0.717) is 22.6 Å². The number of hydrogen-bond acceptors (Lipinski definition) is 5. The molecule has 0 unspecified atom stereocenters. The first-order valence-corrected chi connectivity index (χ1v) is 11.2. The normalized spacial score (nSPS) is 10.8. The Morgan fingerprint density at radius 1 is 1.03 bits per heavy atom. The predicted octanol–water partition coefficient (Wildman–Crippen LogP) is 4.11. The van der Waals surface area contributed by atoms with Crippen LogP contribution >= 0.6 is 11.8 Å². The minimum atomic E-state index is -0.156. The number of amides is 1. The van der Waals surface area contributed by atoms with Gasteiger partial charge < -0.3 is 10.1 Å². The van der Waals surface area contributed by atoms with E-state index in [-0.39, 0.29) is 17.2 Å². The number of nitrogens with one attached hydrogen (secondary N) is 1. The fraction of sp³-hybridized carbons (Fsp3) is 0.160. The Kier molecular flexibility index (Phi) is 6.56. The van der Waals surface area contributed by atoms with Gasteiger partial charge in [-0.15, -0.1) is 0 Å². The van der Waals surface area contributed by atoms with Crippen molar-refractivity contribution in [2.45, 2.75) is 18.6 Å². The third kappa shape index (κ3) is 4.68. The molecule has 1 N–H and O–H groups in total. The molecular weight excluding hydrogens is 422 g/mol. The van der Waals surface area contributed by atoms with Crippen molar-refractivity contribution in [3.63, 3.8) is 0 Å². The van der Waals surface area contributed by atoms with Crippen LogP contribution in [0.2, 0.25) is 0 Å². The second-order valence-corrected chi connectivity index (χ2v) is 8.21. The number of hydrogen-bond donors (Lipinski definition) is 1. The minimum absolute atomic E-state index is 0.131. The molecule has 0 aliphatic carbocycles. The van der Waals surface area contributed by atoms with Gasteiger partial charge in [-0.25, -0.2) is 4.98 Å². The number of thioether (sulfide) groups is 1. The summed E-state index contributed by atoms with van der Waals surface area (Å²) < 4.78 is 6.90. The van der Waals surface area contributed by atoms with Crippen LogP contribution in [0.15, 0.2) is 82.7 Å². The van der Waals surface area contributed by atoms with Crippen LogP contribution in [-0.2, 0) is 11.3 Å². The summed E-state index contributed by atoms with van der Waals surface area (Å²) >= 11 is 1.24. The molecule has 0 atom stereocenters. The van der Waals surface area contributed by atoms with Crippen LogP contribution in [0.5, 0.6) is 5.75 Å². The summed E-state index contributed by atoms with van der Waals surface area (Å²) in [6, 6.07) is 22.5. The van der Waals surface area contributed by atoms with Crippen LogP contribution in [0, 0.1) is 6.92 Å². The van der Waals surface area contributed by atoms with Gasteiger partial charge in [0.2, 0.25) is 5.91 Å². The van der Waals surface area contributed by atoms with Crippen LogP contribution in [0.1, 0.15) is 11.1 Å². The van der Waals surface area contributed by atoms with Crippen molar-refractivity contribution in [3.05, 3.63) is 94.3 Å². The molecule has 0 saturated heterocycles. The summed E-state index contributed by atoms with van der Waals surface area (Å²) in [7, 11) is 1.60. The molecule has 1 heterocycles. The first-order valence-electron chi connectivity index (χ1n) is 10.2. The van der Waals surface area contributed by atoms with E-state index in [1.807, 2.05) is 73.7 Å². The molecule has 162 valence electrons. The van der Waals surface area contributed by atoms with E-state index in [1.54, 1.807) is 17.7 Å². The average Bonchev–Trinajstić information content (AvgIpc) is 2.82. The monoisotopic (exact) mass is 445 g/mol. The van der Waals surface area contributed by atoms with Crippen molar-refractivity contribution < 1.29 is 9.53 Å². The van der Waals surface area contributed by atoms with Gasteiger partial charge in [-0.2, -0.15) is 0 Å². The van der Waals surface area contributed by atoms with E-state index in [9.17, 15) is 9.59 Å². The molecule has 7 heteroatoms. The smallest absolute Gasteiger partial charge is 0.266 e. The van der Waals surface area contributed by atoms with Crippen LogP contribution in [0.4, 0.5) is 0 Å². The van der Waals surface area contributed by atoms with Gasteiger partial charge in [0, 0.05) is 12.1 Å². The Morgan fingerprint density at radius 3 is 2.53 bits per heavy atom. The lowest BCUT2D eigenvalue weighted by Gasteiger charge is -2.14. The van der Waals surface area contributed by atoms with E-state index < -0.39 is 0 Å². The maximum atomic E-state index is 13.3. The zero-order valence-corrected chi connectivity index (χ0v) is 18.7. The van der Waals surface area contributed by atoms with Gasteiger partial charge in [-0.3, -0.25) is 14.2 Å². The fourth-order valence-corrected chi connectivity index (χ4v) is 4.20. The van der Waals surface area contributed by atoms with Gasteiger partial charge in [0.1, 0.15) is 5.75 Å². The lowest BCUT2D eigenvalue weighted by atomic mass is 10.2. The van der Waals surface area contributed by atoms with Crippen molar-refractivity contribution in [2.24, 2.45) is 0 Å². The number of para-hydroxylation sites is 2. The van der Waals surface area contributed by atoms with Gasteiger partial charge in [-0.05, 0) is 37.3 Å². The zero-order chi connectivity index (χ0) is 22.5. The Morgan fingerprint density at radius 2 is 1.75 bits per heavy atom. The molecule has 32 heavy (non-hydrogen) atoms. The van der Waals surface area contributed by atoms with Gasteiger partial charge >= 0.3 is 0 Å². The number of benzene rings is 3. The number of aryl methyl sites for hydroxylation is 1. The van der Waals surface area contributed by atoms with Crippen LogP contribution < -0.4 is 15.6 Å². The van der Waals surface area contributed by atoms with Gasteiger partial charge in [0.25, 0.3) is 5.56 Å². The predicted molar refractivity (Wildman–Crippen MR) is 128 cm³/mol. The summed E-state index contributed by atoms with van der Waals surface area (Å²) in [6.45, 7) is 2.35. The van der Waals surface area contributed by atoms with E-state index in [0.717, 1.165) is 22.6 Å². The number of fused-ring (bicyclic) bond motifs is 1. The maximum Gasteiger partial charge on any atom is 0.266 e. The number of methoxy groups -OCH3 is 1. The van der Waals surface area contributed by atoms with Crippen LogP contribution in [-0.4, -0.2) is 28.3 Å². The Hall–Kier alpha value is -3.58. The number of ether oxygens (including phenoxy) is 1. The number of carbonyl (C=O) groups is 1. The summed E-state index contributed by atoms with van der Waals surface area (Å²) in [5, 5.41) is 3.92. The van der Waals surface area contributed by atoms with Crippen LogP contribution in [0.3, 0.4) is 0 Å². The molecule has 0 aliphatic rings. The summed E-state index contributed by atoms with van der Waals surface area (Å²) in [5.41, 5.74) is 3.17. The molecule has 0 saturated carbocycles. The second kappa shape index (κ2) is 9.70. The SMILES string of the molecule is COc1ccccc1CNC(=O)CSc1nc2ccccc2c(=O)n1-c1ccc(C)cc1. The molecule has 3 aromatic carbocycles. The summed E-state index contributed by atoms with van der Waals surface area (Å²) in [4.78, 5) is 30.5. The number of rotatable bonds is 7. The molecule has 0 spiro atoms. The summed E-state index contributed by atoms with van der Waals surface area (Å²) in [6.07, 6.45) is 0. The molecular formula is C25H23N3O3S. The standard InChI is InChI=1S/C25H23N3O3S/c1-17-11-13-19(14-12-17)28-24(30)20-8-4-5-9-21(20)27-25(28)32-16-23(29)26-15-18-7-3-6-10-22(18)31-2/h3-14H,15-16H2,1-2H3,(H,26,29). The van der Waals surface area contributed by atoms with Crippen molar-refractivity contribution >= 4 is 28.6 Å². The zero-order valence-electron chi connectivity index (χ0n) is 17.9. The molecule has 0 aliphatic heterocycles. The highest BCUT2D eigenvalue weighted by atomic mass is 32.2. The lowest BCUT2D eigenvalue weighted by Crippen LogP contribution is -2.26. The Bertz CT molecular complexity index is 1320. The molecule has 0 bridgehead atoms. The maximum absolute atomic E-state index is 13.3. The average molecular weight is 446 g/mol. The minimum Gasteiger partial charge on any atom is -0.496 e. The van der Waals surface area contributed by atoms with Gasteiger partial charge in [0.05, 0.1) is 29.5 Å². The molecule has 4 aromatic rings. The van der Waals surface area contributed by atoms with E-state index in [1.165, 1.54) is 11.8 Å². The number of nitrogens with zero attached hydrogens (tertiary/aromatic N) is 2. The van der Waals surface area contributed by atoms with Crippen molar-refractivity contribution in [1.82, 2.24) is 14.9 Å².